The van der Waals surface area contributed by atoms with E-state index in [0.29, 0.717) is 0 Å². The number of allylic oxidation sites excluding steroid dienone is 2. The third kappa shape index (κ3) is 50.5. The van der Waals surface area contributed by atoms with E-state index >= 15 is 0 Å². The average molecular weight is 244 g/mol. The molecule has 0 unspecified atom stereocenters. The quantitative estimate of drug-likeness (QED) is 0.525. The van der Waals surface area contributed by atoms with Crippen LogP contribution in [-0.4, -0.2) is 5.78 Å². The number of hydrogen-bond acceptors (Lipinski definition) is 1. The summed E-state index contributed by atoms with van der Waals surface area (Å²) in [5, 5.41) is 0. The van der Waals surface area contributed by atoms with Gasteiger partial charge in [-0.05, 0) is 53.4 Å². The minimum atomic E-state index is 0. The van der Waals surface area contributed by atoms with Crippen LogP contribution in [0.2, 0.25) is 0 Å². The van der Waals surface area contributed by atoms with Crippen molar-refractivity contribution in [3.63, 3.8) is 0 Å². The van der Waals surface area contributed by atoms with Crippen LogP contribution < -0.4 is 0 Å². The molecule has 0 spiro atoms. The Hall–Kier alpha value is -0.590. The van der Waals surface area contributed by atoms with Crippen LogP contribution in [0.1, 0.15) is 76.7 Å². The zero-order valence-electron chi connectivity index (χ0n) is 13.1. The van der Waals surface area contributed by atoms with Gasteiger partial charge in [0.05, 0.1) is 0 Å². The molecule has 0 saturated heterocycles. The fourth-order valence-corrected chi connectivity index (χ4v) is 0. The molecule has 0 atom stereocenters. The molecule has 17 heavy (non-hydrogen) atoms. The van der Waals surface area contributed by atoms with Crippen molar-refractivity contribution < 1.29 is 4.79 Å². The molecular formula is C16H36O. The van der Waals surface area contributed by atoms with Crippen LogP contribution in [0.15, 0.2) is 11.1 Å². The molecule has 0 bridgehead atoms. The number of rotatable bonds is 1. The second kappa shape index (κ2) is 15.4. The lowest BCUT2D eigenvalue weighted by Gasteiger charge is -2.05. The molecule has 0 aliphatic heterocycles. The second-order valence-corrected chi connectivity index (χ2v) is 5.40. The van der Waals surface area contributed by atoms with Gasteiger partial charge in [-0.25, -0.2) is 0 Å². The predicted octanol–water partition coefficient (Wildman–Crippen LogP) is 5.89. The molecule has 1 nitrogen and oxygen atoms in total. The van der Waals surface area contributed by atoms with Gasteiger partial charge in [0.2, 0.25) is 0 Å². The third-order valence-electron chi connectivity index (χ3n) is 2.33. The Kier molecular flexibility index (Phi) is 22.9. The Morgan fingerprint density at radius 1 is 0.647 bits per heavy atom. The first-order valence-electron chi connectivity index (χ1n) is 6.10. The lowest BCUT2D eigenvalue weighted by atomic mass is 10.0. The lowest BCUT2D eigenvalue weighted by Crippen LogP contribution is -1.95. The summed E-state index contributed by atoms with van der Waals surface area (Å²) >= 11 is 0. The van der Waals surface area contributed by atoms with Crippen LogP contribution in [0.25, 0.3) is 0 Å². The molecule has 0 aromatic rings. The van der Waals surface area contributed by atoms with E-state index < -0.39 is 0 Å². The monoisotopic (exact) mass is 244 g/mol. The molecule has 0 rings (SSSR count). The molecule has 0 aliphatic rings. The van der Waals surface area contributed by atoms with E-state index in [9.17, 15) is 4.79 Å². The summed E-state index contributed by atoms with van der Waals surface area (Å²) in [6.45, 7) is 20.5. The summed E-state index contributed by atoms with van der Waals surface area (Å²) in [6, 6.07) is 0. The molecule has 0 heterocycles. The summed E-state index contributed by atoms with van der Waals surface area (Å²) in [4.78, 5) is 9.44. The topological polar surface area (TPSA) is 17.1 Å². The van der Waals surface area contributed by atoms with Crippen molar-refractivity contribution in [3.8, 4) is 0 Å². The maximum Gasteiger partial charge on any atom is 0.126 e. The molecule has 0 aromatic heterocycles. The van der Waals surface area contributed by atoms with Crippen LogP contribution in [0.3, 0.4) is 0 Å². The molecule has 0 radical (unpaired) electrons. The normalized spacial score (nSPS) is 8.24. The van der Waals surface area contributed by atoms with E-state index in [1.165, 1.54) is 25.0 Å². The number of ketones is 1. The molecule has 0 fully saturated rings. The summed E-state index contributed by atoms with van der Waals surface area (Å²) < 4.78 is 0. The fraction of sp³-hybridized carbons (Fsp3) is 0.812. The average Bonchev–Trinajstić information content (AvgIpc) is 2.03. The number of carbonyl (C=O) groups excluding carboxylic acids is 1. The smallest absolute Gasteiger partial charge is 0.126 e. The predicted molar refractivity (Wildman–Crippen MR) is 82.5 cm³/mol. The zero-order valence-corrected chi connectivity index (χ0v) is 13.1. The van der Waals surface area contributed by atoms with E-state index in [-0.39, 0.29) is 13.2 Å². The first kappa shape index (κ1) is 25.3. The van der Waals surface area contributed by atoms with Crippen molar-refractivity contribution in [2.75, 3.05) is 0 Å². The number of Topliss-reactive ketones (excluding diaryl/α,β-unsaturated/α-hetero) is 1. The molecule has 0 aromatic carbocycles. The second-order valence-electron chi connectivity index (χ2n) is 5.40. The van der Waals surface area contributed by atoms with Crippen LogP contribution >= 0.6 is 0 Å². The Morgan fingerprint density at radius 2 is 0.765 bits per heavy atom. The van der Waals surface area contributed by atoms with Gasteiger partial charge in [-0.1, -0.05) is 46.3 Å². The van der Waals surface area contributed by atoms with Crippen LogP contribution in [0.4, 0.5) is 0 Å². The van der Waals surface area contributed by atoms with Gasteiger partial charge in [-0.15, -0.1) is 0 Å². The summed E-state index contributed by atoms with van der Waals surface area (Å²) in [5.41, 5.74) is 2.85. The van der Waals surface area contributed by atoms with Crippen molar-refractivity contribution in [1.29, 1.82) is 0 Å². The minimum Gasteiger partial charge on any atom is -0.300 e. The SMILES string of the molecule is C.CC(C)=C(C)C.CC(C)=O.CC(C)C(C)C. The van der Waals surface area contributed by atoms with E-state index in [0.717, 1.165) is 11.8 Å². The largest absolute Gasteiger partial charge is 0.300 e. The Morgan fingerprint density at radius 3 is 0.765 bits per heavy atom. The number of carbonyl (C=O) groups is 1. The van der Waals surface area contributed by atoms with Gasteiger partial charge < -0.3 is 4.79 Å². The molecule has 106 valence electrons. The van der Waals surface area contributed by atoms with Crippen LogP contribution in [-0.2, 0) is 4.79 Å². The maximum atomic E-state index is 9.44. The van der Waals surface area contributed by atoms with Crippen molar-refractivity contribution in [1.82, 2.24) is 0 Å². The van der Waals surface area contributed by atoms with Gasteiger partial charge in [0.1, 0.15) is 5.78 Å². The van der Waals surface area contributed by atoms with Gasteiger partial charge in [-0.3, -0.25) is 0 Å². The highest BCUT2D eigenvalue weighted by atomic mass is 16.1. The molecule has 0 saturated carbocycles. The summed E-state index contributed by atoms with van der Waals surface area (Å²) in [7, 11) is 0. The molecule has 0 amide bonds. The van der Waals surface area contributed by atoms with Gasteiger partial charge in [0.25, 0.3) is 0 Å². The third-order valence-corrected chi connectivity index (χ3v) is 2.33. The van der Waals surface area contributed by atoms with E-state index in [4.69, 9.17) is 0 Å². The van der Waals surface area contributed by atoms with Crippen LogP contribution in [0.5, 0.6) is 0 Å². The van der Waals surface area contributed by atoms with Crippen LogP contribution in [0, 0.1) is 11.8 Å². The first-order valence-corrected chi connectivity index (χ1v) is 6.10. The van der Waals surface area contributed by atoms with E-state index in [1.807, 2.05) is 0 Å². The van der Waals surface area contributed by atoms with Gasteiger partial charge in [0.15, 0.2) is 0 Å². The zero-order chi connectivity index (χ0) is 13.9. The highest BCUT2D eigenvalue weighted by Crippen LogP contribution is 2.05. The Balaban J connectivity index is -0.0000000741. The van der Waals surface area contributed by atoms with E-state index in [1.54, 1.807) is 0 Å². The van der Waals surface area contributed by atoms with Crippen molar-refractivity contribution in [2.45, 2.75) is 76.7 Å². The molecule has 0 N–H and O–H groups in total. The first-order chi connectivity index (χ1) is 7.02. The van der Waals surface area contributed by atoms with Crippen molar-refractivity contribution in [2.24, 2.45) is 11.8 Å². The Bertz CT molecular complexity index is 170. The summed E-state index contributed by atoms with van der Waals surface area (Å²) in [5.74, 6) is 1.87. The van der Waals surface area contributed by atoms with Gasteiger partial charge in [0, 0.05) is 0 Å². The fourth-order valence-electron chi connectivity index (χ4n) is 0. The molecular weight excluding hydrogens is 208 g/mol. The highest BCUT2D eigenvalue weighted by Gasteiger charge is 1.95. The van der Waals surface area contributed by atoms with Crippen molar-refractivity contribution >= 4 is 5.78 Å². The van der Waals surface area contributed by atoms with E-state index in [2.05, 4.69) is 55.4 Å². The number of hydrogen-bond donors (Lipinski definition) is 0. The van der Waals surface area contributed by atoms with Crippen molar-refractivity contribution in [3.05, 3.63) is 11.1 Å². The lowest BCUT2D eigenvalue weighted by molar-refractivity contribution is -0.114. The van der Waals surface area contributed by atoms with Gasteiger partial charge >= 0.3 is 0 Å². The Labute approximate surface area is 111 Å². The van der Waals surface area contributed by atoms with Gasteiger partial charge in [-0.2, -0.15) is 0 Å². The standard InChI is InChI=1S/C6H14.C6H12.C3H6O.CH4/c2*1-5(2)6(3)4;1-3(2)4;/h5-6H,1-4H3;1-4H3;1-2H3;1H4. The highest BCUT2D eigenvalue weighted by molar-refractivity contribution is 5.72. The molecule has 0 aliphatic carbocycles. The molecule has 1 heteroatoms. The summed E-state index contributed by atoms with van der Waals surface area (Å²) in [6.07, 6.45) is 0. The minimum absolute atomic E-state index is 0. The maximum absolute atomic E-state index is 9.44.